The molecule has 0 radical (unpaired) electrons. The molecule has 0 aliphatic rings. The van der Waals surface area contributed by atoms with E-state index in [9.17, 15) is 4.79 Å². The lowest BCUT2D eigenvalue weighted by Gasteiger charge is -2.00. The van der Waals surface area contributed by atoms with Gasteiger partial charge in [-0.25, -0.2) is 4.79 Å². The maximum absolute atomic E-state index is 10.5. The fraction of sp³-hybridized carbons (Fsp3) is 0.421. The summed E-state index contributed by atoms with van der Waals surface area (Å²) in [5.41, 5.74) is 3.48. The van der Waals surface area contributed by atoms with E-state index >= 15 is 0 Å². The van der Waals surface area contributed by atoms with Gasteiger partial charge >= 0.3 is 5.97 Å². The minimum absolute atomic E-state index is 0.742. The van der Waals surface area contributed by atoms with Crippen molar-refractivity contribution in [2.24, 2.45) is 0 Å². The summed E-state index contributed by atoms with van der Waals surface area (Å²) in [6.45, 7) is 8.12. The molecule has 1 N–H and O–H groups in total. The molecule has 0 bridgehead atoms. The van der Waals surface area contributed by atoms with Gasteiger partial charge in [0.05, 0.1) is 0 Å². The Morgan fingerprint density at radius 3 is 2.33 bits per heavy atom. The van der Waals surface area contributed by atoms with Gasteiger partial charge in [0, 0.05) is 6.08 Å². The van der Waals surface area contributed by atoms with E-state index in [0.29, 0.717) is 0 Å². The zero-order chi connectivity index (χ0) is 16.1. The van der Waals surface area contributed by atoms with Crippen LogP contribution >= 0.6 is 0 Å². The number of carbonyl (C=O) groups is 1. The predicted molar refractivity (Wildman–Crippen MR) is 91.3 cm³/mol. The molecule has 0 saturated heterocycles. The zero-order valence-corrected chi connectivity index (χ0v) is 13.7. The molecule has 2 heteroatoms. The number of allylic oxidation sites excluding steroid dienone is 9. The van der Waals surface area contributed by atoms with Crippen molar-refractivity contribution in [1.29, 1.82) is 0 Å². The Morgan fingerprint density at radius 1 is 1.05 bits per heavy atom. The first kappa shape index (κ1) is 19.2. The molecule has 116 valence electrons. The van der Waals surface area contributed by atoms with Gasteiger partial charge in [-0.2, -0.15) is 0 Å². The van der Waals surface area contributed by atoms with Crippen molar-refractivity contribution < 1.29 is 9.90 Å². The SMILES string of the molecule is C/C=C/CC/C(C)=C/CC/C(C)=C/C=C/C(C)=C/C(=O)O. The van der Waals surface area contributed by atoms with Gasteiger partial charge in [0.2, 0.25) is 0 Å². The topological polar surface area (TPSA) is 37.3 Å². The summed E-state index contributed by atoms with van der Waals surface area (Å²) in [5, 5.41) is 8.60. The largest absolute Gasteiger partial charge is 0.478 e. The molecule has 0 fully saturated rings. The molecule has 0 aromatic rings. The third-order valence-corrected chi connectivity index (χ3v) is 3.06. The Hall–Kier alpha value is -1.83. The molecule has 0 atom stereocenters. The zero-order valence-electron chi connectivity index (χ0n) is 13.7. The maximum atomic E-state index is 10.5. The number of aliphatic carboxylic acids is 1. The lowest BCUT2D eigenvalue weighted by atomic mass is 10.1. The van der Waals surface area contributed by atoms with E-state index in [1.165, 1.54) is 17.2 Å². The quantitative estimate of drug-likeness (QED) is 0.340. The molecule has 21 heavy (non-hydrogen) atoms. The van der Waals surface area contributed by atoms with Crippen LogP contribution in [-0.4, -0.2) is 11.1 Å². The number of hydrogen-bond donors (Lipinski definition) is 1. The third kappa shape index (κ3) is 12.9. The molecule has 0 heterocycles. The van der Waals surface area contributed by atoms with Gasteiger partial charge in [0.25, 0.3) is 0 Å². The Bertz CT molecular complexity index is 460. The number of rotatable bonds is 9. The van der Waals surface area contributed by atoms with Gasteiger partial charge in [0.1, 0.15) is 0 Å². The van der Waals surface area contributed by atoms with Crippen LogP contribution in [0.3, 0.4) is 0 Å². The third-order valence-electron chi connectivity index (χ3n) is 3.06. The molecular formula is C19H28O2. The van der Waals surface area contributed by atoms with Crippen LogP contribution in [-0.2, 0) is 4.79 Å². The Balaban J connectivity index is 4.16. The smallest absolute Gasteiger partial charge is 0.328 e. The highest BCUT2D eigenvalue weighted by Gasteiger charge is 1.91. The van der Waals surface area contributed by atoms with Crippen molar-refractivity contribution in [3.8, 4) is 0 Å². The monoisotopic (exact) mass is 288 g/mol. The Kier molecular flexibility index (Phi) is 10.9. The van der Waals surface area contributed by atoms with Crippen LogP contribution in [0.2, 0.25) is 0 Å². The van der Waals surface area contributed by atoms with Crippen LogP contribution in [0.5, 0.6) is 0 Å². The minimum atomic E-state index is -0.906. The van der Waals surface area contributed by atoms with Crippen molar-refractivity contribution in [3.05, 3.63) is 59.3 Å². The van der Waals surface area contributed by atoms with E-state index in [2.05, 4.69) is 32.1 Å². The van der Waals surface area contributed by atoms with Crippen molar-refractivity contribution in [3.63, 3.8) is 0 Å². The fourth-order valence-electron chi connectivity index (χ4n) is 1.82. The highest BCUT2D eigenvalue weighted by Crippen LogP contribution is 2.10. The van der Waals surface area contributed by atoms with Gasteiger partial charge < -0.3 is 5.11 Å². The number of carboxylic acids is 1. The van der Waals surface area contributed by atoms with Crippen molar-refractivity contribution in [2.75, 3.05) is 0 Å². The first-order valence-corrected chi connectivity index (χ1v) is 7.47. The first-order valence-electron chi connectivity index (χ1n) is 7.47. The molecule has 0 amide bonds. The van der Waals surface area contributed by atoms with E-state index in [-0.39, 0.29) is 0 Å². The molecule has 0 aromatic carbocycles. The molecule has 0 spiro atoms. The summed E-state index contributed by atoms with van der Waals surface area (Å²) in [6, 6.07) is 0. The molecule has 0 saturated carbocycles. The standard InChI is InChI=1S/C19H28O2/c1-5-6-7-10-16(2)11-8-12-17(3)13-9-14-18(4)15-19(20)21/h5-6,9,11,13-15H,7-8,10,12H2,1-4H3,(H,20,21)/b6-5+,14-9+,16-11+,17-13+,18-15+. The average molecular weight is 288 g/mol. The molecule has 0 aliphatic heterocycles. The maximum Gasteiger partial charge on any atom is 0.328 e. The van der Waals surface area contributed by atoms with Crippen molar-refractivity contribution >= 4 is 5.97 Å². The summed E-state index contributed by atoms with van der Waals surface area (Å²) in [4.78, 5) is 10.5. The Morgan fingerprint density at radius 2 is 1.71 bits per heavy atom. The first-order chi connectivity index (χ1) is 9.95. The van der Waals surface area contributed by atoms with Crippen molar-refractivity contribution in [2.45, 2.75) is 53.4 Å². The van der Waals surface area contributed by atoms with E-state index in [1.807, 2.05) is 25.2 Å². The van der Waals surface area contributed by atoms with Gasteiger partial charge in [-0.3, -0.25) is 0 Å². The molecular weight excluding hydrogens is 260 g/mol. The Labute approximate surface area is 129 Å². The second kappa shape index (κ2) is 12.0. The molecule has 2 nitrogen and oxygen atoms in total. The minimum Gasteiger partial charge on any atom is -0.478 e. The van der Waals surface area contributed by atoms with Crippen LogP contribution in [0.15, 0.2) is 59.3 Å². The molecule has 0 unspecified atom stereocenters. The van der Waals surface area contributed by atoms with Crippen LogP contribution in [0.4, 0.5) is 0 Å². The summed E-state index contributed by atoms with van der Waals surface area (Å²) >= 11 is 0. The van der Waals surface area contributed by atoms with Gasteiger partial charge in [-0.05, 0) is 59.0 Å². The summed E-state index contributed by atoms with van der Waals surface area (Å²) < 4.78 is 0. The highest BCUT2D eigenvalue weighted by atomic mass is 16.4. The second-order valence-electron chi connectivity index (χ2n) is 5.30. The van der Waals surface area contributed by atoms with Gasteiger partial charge in [-0.1, -0.05) is 47.6 Å². The van der Waals surface area contributed by atoms with Crippen molar-refractivity contribution in [1.82, 2.24) is 0 Å². The normalized spacial score (nSPS) is 14.4. The van der Waals surface area contributed by atoms with Crippen LogP contribution in [0.1, 0.15) is 53.4 Å². The van der Waals surface area contributed by atoms with E-state index in [1.54, 1.807) is 6.92 Å². The van der Waals surface area contributed by atoms with E-state index < -0.39 is 5.97 Å². The van der Waals surface area contributed by atoms with E-state index in [4.69, 9.17) is 5.11 Å². The van der Waals surface area contributed by atoms with Gasteiger partial charge in [-0.15, -0.1) is 0 Å². The number of hydrogen-bond acceptors (Lipinski definition) is 1. The van der Waals surface area contributed by atoms with Crippen LogP contribution < -0.4 is 0 Å². The highest BCUT2D eigenvalue weighted by molar-refractivity contribution is 5.81. The molecule has 0 rings (SSSR count). The lowest BCUT2D eigenvalue weighted by molar-refractivity contribution is -0.131. The summed E-state index contributed by atoms with van der Waals surface area (Å²) in [6.07, 6.45) is 17.9. The lowest BCUT2D eigenvalue weighted by Crippen LogP contribution is -1.87. The predicted octanol–water partition coefficient (Wildman–Crippen LogP) is 5.60. The van der Waals surface area contributed by atoms with Crippen LogP contribution in [0, 0.1) is 0 Å². The van der Waals surface area contributed by atoms with Gasteiger partial charge in [0.15, 0.2) is 0 Å². The average Bonchev–Trinajstić information content (AvgIpc) is 2.38. The molecule has 0 aromatic heterocycles. The fourth-order valence-corrected chi connectivity index (χ4v) is 1.82. The summed E-state index contributed by atoms with van der Waals surface area (Å²) in [5.74, 6) is -0.906. The second-order valence-corrected chi connectivity index (χ2v) is 5.30. The van der Waals surface area contributed by atoms with E-state index in [0.717, 1.165) is 31.3 Å². The van der Waals surface area contributed by atoms with Crippen LogP contribution in [0.25, 0.3) is 0 Å². The number of carboxylic acid groups (broad SMARTS) is 1. The summed E-state index contributed by atoms with van der Waals surface area (Å²) in [7, 11) is 0. The molecule has 0 aliphatic carbocycles.